The van der Waals surface area contributed by atoms with Gasteiger partial charge in [0.15, 0.2) is 10.8 Å². The Bertz CT molecular complexity index is 709. The number of carbonyl (C=O) groups is 2. The van der Waals surface area contributed by atoms with Crippen molar-refractivity contribution in [1.82, 2.24) is 0 Å². The van der Waals surface area contributed by atoms with Crippen LogP contribution in [0.2, 0.25) is 0 Å². The average Bonchev–Trinajstić information content (AvgIpc) is 2.59. The van der Waals surface area contributed by atoms with Gasteiger partial charge < -0.3 is 9.47 Å². The van der Waals surface area contributed by atoms with Gasteiger partial charge in [-0.15, -0.1) is 11.8 Å². The van der Waals surface area contributed by atoms with Crippen LogP contribution in [-0.4, -0.2) is 31.4 Å². The summed E-state index contributed by atoms with van der Waals surface area (Å²) >= 11 is 1.27. The van der Waals surface area contributed by atoms with Gasteiger partial charge in [-0.25, -0.2) is 0 Å². The quantitative estimate of drug-likeness (QED) is 0.777. The molecule has 6 nitrogen and oxygen atoms in total. The molecule has 7 heteroatoms. The maximum absolute atomic E-state index is 12.3. The summed E-state index contributed by atoms with van der Waals surface area (Å²) in [5, 5.41) is 18.6. The Balaban J connectivity index is 2.47. The molecule has 0 amide bonds. The molecule has 3 atom stereocenters. The summed E-state index contributed by atoms with van der Waals surface area (Å²) in [5.74, 6) is -1.79. The first-order valence-corrected chi connectivity index (χ1v) is 7.61. The van der Waals surface area contributed by atoms with Gasteiger partial charge in [0.2, 0.25) is 0 Å². The molecule has 1 aromatic rings. The fourth-order valence-corrected chi connectivity index (χ4v) is 4.31. The predicted octanol–water partition coefficient (Wildman–Crippen LogP) is 1.92. The van der Waals surface area contributed by atoms with Gasteiger partial charge in [-0.05, 0) is 18.6 Å². The summed E-state index contributed by atoms with van der Waals surface area (Å²) in [6, 6.07) is 12.9. The summed E-state index contributed by atoms with van der Waals surface area (Å²) in [6.45, 7) is 0. The second-order valence-corrected chi connectivity index (χ2v) is 6.32. The fraction of sp³-hybridized carbons (Fsp3) is 0.375. The highest BCUT2D eigenvalue weighted by atomic mass is 32.2. The number of hydrogen-bond acceptors (Lipinski definition) is 7. The van der Waals surface area contributed by atoms with E-state index in [1.807, 2.05) is 42.5 Å². The molecule has 1 unspecified atom stereocenters. The Kier molecular flexibility index (Phi) is 4.63. The van der Waals surface area contributed by atoms with Gasteiger partial charge in [-0.2, -0.15) is 10.5 Å². The number of thioether (sulfide) groups is 1. The van der Waals surface area contributed by atoms with Crippen molar-refractivity contribution in [2.24, 2.45) is 10.8 Å². The second kappa shape index (κ2) is 6.31. The van der Waals surface area contributed by atoms with Crippen molar-refractivity contribution < 1.29 is 19.1 Å². The minimum Gasteiger partial charge on any atom is -0.468 e. The van der Waals surface area contributed by atoms with Crippen LogP contribution in [0, 0.1) is 33.5 Å². The molecule has 0 radical (unpaired) electrons. The van der Waals surface area contributed by atoms with Crippen molar-refractivity contribution in [3.05, 3.63) is 30.3 Å². The molecule has 0 aliphatic heterocycles. The van der Waals surface area contributed by atoms with Crippen LogP contribution in [0.5, 0.6) is 0 Å². The molecule has 118 valence electrons. The number of ether oxygens (including phenoxy) is 2. The highest BCUT2D eigenvalue weighted by Gasteiger charge is 2.77. The van der Waals surface area contributed by atoms with Crippen LogP contribution < -0.4 is 0 Å². The molecule has 1 aliphatic carbocycles. The zero-order chi connectivity index (χ0) is 17.1. The zero-order valence-corrected chi connectivity index (χ0v) is 13.4. The molecule has 0 bridgehead atoms. The van der Waals surface area contributed by atoms with Crippen LogP contribution in [-0.2, 0) is 19.1 Å². The van der Waals surface area contributed by atoms with Crippen molar-refractivity contribution in [2.75, 3.05) is 14.2 Å². The van der Waals surface area contributed by atoms with E-state index in [0.29, 0.717) is 0 Å². The second-order valence-electron chi connectivity index (χ2n) is 5.04. The Labute approximate surface area is 138 Å². The van der Waals surface area contributed by atoms with Gasteiger partial charge in [0.25, 0.3) is 0 Å². The summed E-state index contributed by atoms with van der Waals surface area (Å²) < 4.78 is 9.40. The first kappa shape index (κ1) is 16.9. The van der Waals surface area contributed by atoms with Gasteiger partial charge in [0, 0.05) is 10.1 Å². The first-order valence-electron chi connectivity index (χ1n) is 6.73. The number of nitrogens with zero attached hydrogens (tertiary/aromatic N) is 2. The van der Waals surface area contributed by atoms with E-state index >= 15 is 0 Å². The molecule has 0 spiro atoms. The average molecular weight is 330 g/mol. The monoisotopic (exact) mass is 330 g/mol. The van der Waals surface area contributed by atoms with Gasteiger partial charge >= 0.3 is 11.9 Å². The van der Waals surface area contributed by atoms with Crippen molar-refractivity contribution in [3.8, 4) is 12.1 Å². The lowest BCUT2D eigenvalue weighted by Crippen LogP contribution is -2.67. The lowest BCUT2D eigenvalue weighted by atomic mass is 9.50. The molecule has 2 rings (SSSR count). The molecule has 0 saturated heterocycles. The molecule has 0 N–H and O–H groups in total. The number of nitriles is 2. The van der Waals surface area contributed by atoms with Crippen LogP contribution in [0.4, 0.5) is 0 Å². The summed E-state index contributed by atoms with van der Waals surface area (Å²) in [6.07, 6.45) is 0.0401. The van der Waals surface area contributed by atoms with E-state index in [4.69, 9.17) is 4.74 Å². The third-order valence-corrected chi connectivity index (χ3v) is 5.43. The van der Waals surface area contributed by atoms with Crippen LogP contribution in [0.25, 0.3) is 0 Å². The predicted molar refractivity (Wildman–Crippen MR) is 80.8 cm³/mol. The molecule has 0 heterocycles. The van der Waals surface area contributed by atoms with Gasteiger partial charge in [0.05, 0.1) is 26.4 Å². The molecule has 1 saturated carbocycles. The SMILES string of the molecule is COC(=O)[C@]1(C#N)CC(Sc2ccccc2)[C@@]1(C#N)C(=O)OC. The van der Waals surface area contributed by atoms with E-state index in [1.54, 1.807) is 0 Å². The van der Waals surface area contributed by atoms with Crippen LogP contribution in [0.15, 0.2) is 35.2 Å². The topological polar surface area (TPSA) is 100 Å². The fourth-order valence-electron chi connectivity index (χ4n) is 2.81. The Hall–Kier alpha value is -2.51. The summed E-state index contributed by atoms with van der Waals surface area (Å²) in [5.41, 5.74) is -3.75. The van der Waals surface area contributed by atoms with E-state index in [0.717, 1.165) is 19.1 Å². The molecular formula is C16H14N2O4S. The number of hydrogen-bond donors (Lipinski definition) is 0. The Morgan fingerprint density at radius 1 is 1.13 bits per heavy atom. The minimum atomic E-state index is -1.90. The molecule has 0 aromatic heterocycles. The van der Waals surface area contributed by atoms with Crippen LogP contribution >= 0.6 is 11.8 Å². The third kappa shape index (κ3) is 2.25. The standard InChI is InChI=1S/C16H14N2O4S/c1-21-13(19)15(9-17)8-12(16(15,10-18)14(20)22-2)23-11-6-4-3-5-7-11/h3-7,12H,8H2,1-2H3/t12?,15-,16+/m1/s1. The molecule has 1 aromatic carbocycles. The number of carbonyl (C=O) groups excluding carboxylic acids is 2. The number of benzene rings is 1. The highest BCUT2D eigenvalue weighted by molar-refractivity contribution is 8.00. The lowest BCUT2D eigenvalue weighted by molar-refractivity contribution is -0.178. The van der Waals surface area contributed by atoms with E-state index in [9.17, 15) is 20.1 Å². The first-order chi connectivity index (χ1) is 11.0. The molecule has 1 fully saturated rings. The number of methoxy groups -OCH3 is 2. The summed E-state index contributed by atoms with van der Waals surface area (Å²) in [4.78, 5) is 25.3. The minimum absolute atomic E-state index is 0.0401. The van der Waals surface area contributed by atoms with Crippen molar-refractivity contribution in [1.29, 1.82) is 10.5 Å². The molecule has 23 heavy (non-hydrogen) atoms. The van der Waals surface area contributed by atoms with E-state index in [1.165, 1.54) is 11.8 Å². The normalized spacial score (nSPS) is 28.6. The van der Waals surface area contributed by atoms with Crippen molar-refractivity contribution in [2.45, 2.75) is 16.6 Å². The summed E-state index contributed by atoms with van der Waals surface area (Å²) in [7, 11) is 2.25. The largest absolute Gasteiger partial charge is 0.468 e. The van der Waals surface area contributed by atoms with Gasteiger partial charge in [-0.1, -0.05) is 18.2 Å². The Morgan fingerprint density at radius 2 is 1.74 bits per heavy atom. The Morgan fingerprint density at radius 3 is 2.22 bits per heavy atom. The van der Waals surface area contributed by atoms with E-state index < -0.39 is 28.0 Å². The maximum Gasteiger partial charge on any atom is 0.329 e. The number of rotatable bonds is 4. The van der Waals surface area contributed by atoms with Gasteiger partial charge in [-0.3, -0.25) is 9.59 Å². The van der Waals surface area contributed by atoms with Gasteiger partial charge in [0.1, 0.15) is 0 Å². The van der Waals surface area contributed by atoms with E-state index in [2.05, 4.69) is 4.74 Å². The highest BCUT2D eigenvalue weighted by Crippen LogP contribution is 2.63. The lowest BCUT2D eigenvalue weighted by Gasteiger charge is -2.51. The maximum atomic E-state index is 12.3. The van der Waals surface area contributed by atoms with E-state index in [-0.39, 0.29) is 6.42 Å². The molecule has 1 aliphatic rings. The third-order valence-electron chi connectivity index (χ3n) is 4.08. The van der Waals surface area contributed by atoms with Crippen molar-refractivity contribution >= 4 is 23.7 Å². The zero-order valence-electron chi connectivity index (χ0n) is 12.6. The van der Waals surface area contributed by atoms with Crippen LogP contribution in [0.3, 0.4) is 0 Å². The number of esters is 2. The van der Waals surface area contributed by atoms with Crippen molar-refractivity contribution in [3.63, 3.8) is 0 Å². The van der Waals surface area contributed by atoms with Crippen LogP contribution in [0.1, 0.15) is 6.42 Å². The molecular weight excluding hydrogens is 316 g/mol. The smallest absolute Gasteiger partial charge is 0.329 e.